The van der Waals surface area contributed by atoms with Crippen molar-refractivity contribution in [1.82, 2.24) is 9.78 Å². The van der Waals surface area contributed by atoms with E-state index in [1.165, 1.54) is 10.7 Å². The van der Waals surface area contributed by atoms with Crippen LogP contribution < -0.4 is 15.6 Å². The summed E-state index contributed by atoms with van der Waals surface area (Å²) in [5.41, 5.74) is 2.91. The van der Waals surface area contributed by atoms with Gasteiger partial charge in [0.25, 0.3) is 5.56 Å². The number of anilines is 1. The van der Waals surface area contributed by atoms with Crippen LogP contribution in [0.3, 0.4) is 0 Å². The van der Waals surface area contributed by atoms with Crippen LogP contribution in [0.5, 0.6) is 5.75 Å². The Bertz CT molecular complexity index is 1040. The van der Waals surface area contributed by atoms with Crippen molar-refractivity contribution >= 4 is 11.6 Å². The molecule has 0 saturated heterocycles. The van der Waals surface area contributed by atoms with E-state index in [-0.39, 0.29) is 11.5 Å². The molecule has 6 heteroatoms. The van der Waals surface area contributed by atoms with Gasteiger partial charge in [-0.2, -0.15) is 5.10 Å². The number of benzene rings is 2. The first kappa shape index (κ1) is 20.3. The van der Waals surface area contributed by atoms with Crippen LogP contribution in [-0.2, 0) is 11.2 Å². The minimum absolute atomic E-state index is 0.288. The van der Waals surface area contributed by atoms with Crippen LogP contribution in [0.15, 0.2) is 65.5 Å². The Balaban J connectivity index is 1.85. The van der Waals surface area contributed by atoms with Crippen LogP contribution in [0.2, 0.25) is 0 Å². The van der Waals surface area contributed by atoms with Crippen LogP contribution >= 0.6 is 0 Å². The highest BCUT2D eigenvalue weighted by Gasteiger charge is 2.19. The molecule has 1 unspecified atom stereocenters. The molecule has 3 rings (SSSR count). The van der Waals surface area contributed by atoms with Gasteiger partial charge in [-0.25, -0.2) is 4.68 Å². The van der Waals surface area contributed by atoms with E-state index in [9.17, 15) is 9.59 Å². The Labute approximate surface area is 170 Å². The lowest BCUT2D eigenvalue weighted by atomic mass is 10.1. The molecule has 1 heterocycles. The molecule has 0 fully saturated rings. The number of aryl methyl sites for hydroxylation is 1. The van der Waals surface area contributed by atoms with E-state index < -0.39 is 6.04 Å². The summed E-state index contributed by atoms with van der Waals surface area (Å²) in [5, 5.41) is 7.34. The van der Waals surface area contributed by atoms with Gasteiger partial charge in [0.15, 0.2) is 0 Å². The average Bonchev–Trinajstić information content (AvgIpc) is 2.75. The van der Waals surface area contributed by atoms with E-state index in [4.69, 9.17) is 4.74 Å². The van der Waals surface area contributed by atoms with Crippen LogP contribution in [0.4, 0.5) is 5.69 Å². The number of nitrogens with zero attached hydrogens (tertiary/aromatic N) is 2. The van der Waals surface area contributed by atoms with Gasteiger partial charge >= 0.3 is 0 Å². The van der Waals surface area contributed by atoms with Crippen molar-refractivity contribution in [2.24, 2.45) is 0 Å². The molecule has 150 valence electrons. The zero-order valence-electron chi connectivity index (χ0n) is 16.9. The molecule has 29 heavy (non-hydrogen) atoms. The summed E-state index contributed by atoms with van der Waals surface area (Å²) >= 11 is 0. The van der Waals surface area contributed by atoms with Crippen molar-refractivity contribution in [2.45, 2.75) is 33.2 Å². The fraction of sp³-hybridized carbons (Fsp3) is 0.261. The lowest BCUT2D eigenvalue weighted by Gasteiger charge is -2.16. The Morgan fingerprint density at radius 3 is 2.48 bits per heavy atom. The number of aromatic nitrogens is 2. The molecule has 1 aromatic heterocycles. The molecule has 0 bridgehead atoms. The second-order valence-corrected chi connectivity index (χ2v) is 6.63. The predicted octanol–water partition coefficient (Wildman–Crippen LogP) is 4.07. The van der Waals surface area contributed by atoms with Crippen molar-refractivity contribution in [3.05, 3.63) is 76.6 Å². The third kappa shape index (κ3) is 4.71. The highest BCUT2D eigenvalue weighted by atomic mass is 16.5. The van der Waals surface area contributed by atoms with Crippen LogP contribution in [0.1, 0.15) is 32.4 Å². The highest BCUT2D eigenvalue weighted by molar-refractivity contribution is 5.94. The molecule has 1 atom stereocenters. The molecule has 0 aliphatic rings. The third-order valence-electron chi connectivity index (χ3n) is 4.69. The van der Waals surface area contributed by atoms with Crippen LogP contribution in [0.25, 0.3) is 11.3 Å². The fourth-order valence-corrected chi connectivity index (χ4v) is 3.04. The third-order valence-corrected chi connectivity index (χ3v) is 4.69. The zero-order chi connectivity index (χ0) is 20.8. The van der Waals surface area contributed by atoms with Crippen LogP contribution in [0, 0.1) is 0 Å². The summed E-state index contributed by atoms with van der Waals surface area (Å²) in [4.78, 5) is 25.1. The van der Waals surface area contributed by atoms with Gasteiger partial charge in [-0.15, -0.1) is 0 Å². The number of hydrogen-bond donors (Lipinski definition) is 1. The summed E-state index contributed by atoms with van der Waals surface area (Å²) in [6.07, 6.45) is 0.802. The smallest absolute Gasteiger partial charge is 0.267 e. The largest absolute Gasteiger partial charge is 0.494 e. The van der Waals surface area contributed by atoms with Crippen molar-refractivity contribution < 1.29 is 9.53 Å². The Morgan fingerprint density at radius 2 is 1.79 bits per heavy atom. The van der Waals surface area contributed by atoms with E-state index >= 15 is 0 Å². The SMILES string of the molecule is CCOc1ccc(-c2ccc(=O)n(C(C)C(=O)Nc3ccccc3CC)n2)cc1. The monoisotopic (exact) mass is 391 g/mol. The van der Waals surface area contributed by atoms with Gasteiger partial charge in [-0.1, -0.05) is 25.1 Å². The highest BCUT2D eigenvalue weighted by Crippen LogP contribution is 2.21. The number of nitrogens with one attached hydrogen (secondary N) is 1. The maximum absolute atomic E-state index is 12.8. The van der Waals surface area contributed by atoms with Crippen molar-refractivity contribution in [1.29, 1.82) is 0 Å². The Kier molecular flexibility index (Phi) is 6.44. The normalized spacial score (nSPS) is 11.7. The first-order valence-electron chi connectivity index (χ1n) is 9.75. The van der Waals surface area contributed by atoms with E-state index in [0.29, 0.717) is 12.3 Å². The summed E-state index contributed by atoms with van der Waals surface area (Å²) < 4.78 is 6.67. The van der Waals surface area contributed by atoms with Crippen LogP contribution in [-0.4, -0.2) is 22.3 Å². The Hall–Kier alpha value is -3.41. The standard InChI is InChI=1S/C23H25N3O3/c1-4-17-8-6-7-9-20(17)24-23(28)16(3)26-22(27)15-14-21(25-26)18-10-12-19(13-11-18)29-5-2/h6-16H,4-5H2,1-3H3,(H,24,28). The fourth-order valence-electron chi connectivity index (χ4n) is 3.04. The minimum atomic E-state index is -0.755. The molecular weight excluding hydrogens is 366 g/mol. The Morgan fingerprint density at radius 1 is 1.07 bits per heavy atom. The van der Waals surface area contributed by atoms with Gasteiger partial charge in [0.1, 0.15) is 11.8 Å². The van der Waals surface area contributed by atoms with Crippen molar-refractivity contribution in [3.63, 3.8) is 0 Å². The quantitative estimate of drug-likeness (QED) is 0.659. The summed E-state index contributed by atoms with van der Waals surface area (Å²) in [6.45, 7) is 6.22. The molecule has 0 saturated carbocycles. The second-order valence-electron chi connectivity index (χ2n) is 6.63. The molecule has 2 aromatic carbocycles. The number of amides is 1. The van der Waals surface area contributed by atoms with Crippen molar-refractivity contribution in [2.75, 3.05) is 11.9 Å². The van der Waals surface area contributed by atoms with Gasteiger partial charge < -0.3 is 10.1 Å². The topological polar surface area (TPSA) is 73.2 Å². The maximum atomic E-state index is 12.8. The molecule has 6 nitrogen and oxygen atoms in total. The first-order chi connectivity index (χ1) is 14.0. The summed E-state index contributed by atoms with van der Waals surface area (Å²) in [7, 11) is 0. The van der Waals surface area contributed by atoms with Gasteiger partial charge in [0.2, 0.25) is 5.91 Å². The van der Waals surface area contributed by atoms with Crippen molar-refractivity contribution in [3.8, 4) is 17.0 Å². The second kappa shape index (κ2) is 9.19. The molecule has 3 aromatic rings. The molecule has 1 N–H and O–H groups in total. The average molecular weight is 391 g/mol. The molecular formula is C23H25N3O3. The number of carbonyl (C=O) groups excluding carboxylic acids is 1. The minimum Gasteiger partial charge on any atom is -0.494 e. The lowest BCUT2D eigenvalue weighted by Crippen LogP contribution is -2.33. The number of para-hydroxylation sites is 1. The predicted molar refractivity (Wildman–Crippen MR) is 114 cm³/mol. The summed E-state index contributed by atoms with van der Waals surface area (Å²) in [5.74, 6) is 0.483. The summed E-state index contributed by atoms with van der Waals surface area (Å²) in [6, 6.07) is 17.4. The van der Waals surface area contributed by atoms with E-state index in [2.05, 4.69) is 10.4 Å². The number of ether oxygens (including phenoxy) is 1. The van der Waals surface area contributed by atoms with Gasteiger partial charge in [-0.3, -0.25) is 9.59 Å². The lowest BCUT2D eigenvalue weighted by molar-refractivity contribution is -0.119. The maximum Gasteiger partial charge on any atom is 0.267 e. The van der Waals surface area contributed by atoms with Gasteiger partial charge in [-0.05, 0) is 62.2 Å². The molecule has 0 radical (unpaired) electrons. The van der Waals surface area contributed by atoms with Gasteiger partial charge in [0, 0.05) is 17.3 Å². The molecule has 0 aliphatic heterocycles. The molecule has 0 aliphatic carbocycles. The van der Waals surface area contributed by atoms with E-state index in [0.717, 1.165) is 29.0 Å². The van der Waals surface area contributed by atoms with Gasteiger partial charge in [0.05, 0.1) is 12.3 Å². The molecule has 0 spiro atoms. The number of carbonyl (C=O) groups is 1. The number of rotatable bonds is 7. The van der Waals surface area contributed by atoms with E-state index in [1.54, 1.807) is 13.0 Å². The first-order valence-corrected chi connectivity index (χ1v) is 9.75. The molecule has 1 amide bonds. The number of hydrogen-bond acceptors (Lipinski definition) is 4. The zero-order valence-corrected chi connectivity index (χ0v) is 16.9. The van der Waals surface area contributed by atoms with E-state index in [1.807, 2.05) is 62.4 Å².